The molecule has 0 heterocycles. The van der Waals surface area contributed by atoms with Crippen molar-refractivity contribution in [1.29, 1.82) is 0 Å². The van der Waals surface area contributed by atoms with Crippen LogP contribution >= 0.6 is 0 Å². The van der Waals surface area contributed by atoms with E-state index in [0.29, 0.717) is 0 Å². The number of allylic oxidation sites excluding steroid dienone is 3. The van der Waals surface area contributed by atoms with E-state index in [1.54, 1.807) is 12.2 Å². The smallest absolute Gasteiger partial charge is 0.406 e. The van der Waals surface area contributed by atoms with Crippen LogP contribution in [-0.2, 0) is 4.74 Å². The van der Waals surface area contributed by atoms with E-state index in [1.165, 1.54) is 6.08 Å². The van der Waals surface area contributed by atoms with Crippen molar-refractivity contribution in [3.8, 4) is 0 Å². The molecule has 0 fully saturated rings. The third kappa shape index (κ3) is 6.34. The maximum Gasteiger partial charge on any atom is 0.573 e. The number of alkyl halides is 3. The van der Waals surface area contributed by atoms with Gasteiger partial charge in [-0.1, -0.05) is 25.7 Å². The van der Waals surface area contributed by atoms with Gasteiger partial charge in [0.25, 0.3) is 0 Å². The summed E-state index contributed by atoms with van der Waals surface area (Å²) in [5, 5.41) is 0. The highest BCUT2D eigenvalue weighted by atomic mass is 19.4. The van der Waals surface area contributed by atoms with Gasteiger partial charge in [0, 0.05) is 0 Å². The van der Waals surface area contributed by atoms with Gasteiger partial charge in [-0.3, -0.25) is 0 Å². The molecular formula is C10H13F3O. The number of halogens is 3. The zero-order chi connectivity index (χ0) is 11.2. The summed E-state index contributed by atoms with van der Waals surface area (Å²) in [5.41, 5.74) is 0. The van der Waals surface area contributed by atoms with Crippen molar-refractivity contribution < 1.29 is 17.9 Å². The second-order valence-electron chi connectivity index (χ2n) is 2.68. The van der Waals surface area contributed by atoms with Crippen LogP contribution in [0.1, 0.15) is 13.3 Å². The second kappa shape index (κ2) is 5.52. The molecule has 0 aliphatic carbocycles. The van der Waals surface area contributed by atoms with E-state index in [0.717, 1.165) is 6.42 Å². The van der Waals surface area contributed by atoms with Gasteiger partial charge in [0.2, 0.25) is 0 Å². The third-order valence-corrected chi connectivity index (χ3v) is 1.55. The average Bonchev–Trinajstić information content (AvgIpc) is 2.03. The quantitative estimate of drug-likeness (QED) is 0.377. The lowest BCUT2D eigenvalue weighted by Gasteiger charge is -2.08. The highest BCUT2D eigenvalue weighted by Gasteiger charge is 2.30. The van der Waals surface area contributed by atoms with Gasteiger partial charge in [-0.05, 0) is 18.4 Å². The minimum absolute atomic E-state index is 0.0450. The van der Waals surface area contributed by atoms with E-state index >= 15 is 0 Å². The lowest BCUT2D eigenvalue weighted by atomic mass is 10.1. The Hall–Kier alpha value is -1.19. The van der Waals surface area contributed by atoms with Gasteiger partial charge in [-0.25, -0.2) is 0 Å². The third-order valence-electron chi connectivity index (χ3n) is 1.55. The summed E-state index contributed by atoms with van der Waals surface area (Å²) in [6.07, 6.45) is 0.526. The number of rotatable bonds is 5. The van der Waals surface area contributed by atoms with Crippen molar-refractivity contribution in [3.63, 3.8) is 0 Å². The summed E-state index contributed by atoms with van der Waals surface area (Å²) in [6.45, 7) is 8.56. The van der Waals surface area contributed by atoms with Crippen molar-refractivity contribution in [3.05, 3.63) is 37.1 Å². The van der Waals surface area contributed by atoms with E-state index in [1.807, 2.05) is 6.92 Å². The zero-order valence-electron chi connectivity index (χ0n) is 7.97. The Kier molecular flexibility index (Phi) is 5.05. The fraction of sp³-hybridized carbons (Fsp3) is 0.400. The molecule has 0 aliphatic rings. The van der Waals surface area contributed by atoms with Gasteiger partial charge in [0.05, 0.1) is 0 Å². The minimum Gasteiger partial charge on any atom is -0.406 e. The molecule has 1 unspecified atom stereocenters. The number of hydrogen-bond donors (Lipinski definition) is 0. The van der Waals surface area contributed by atoms with Crippen molar-refractivity contribution in [2.24, 2.45) is 5.92 Å². The molecule has 0 bridgehead atoms. The predicted molar refractivity (Wildman–Crippen MR) is 49.4 cm³/mol. The maximum atomic E-state index is 11.7. The normalized spacial score (nSPS) is 14.0. The Morgan fingerprint density at radius 1 is 1.50 bits per heavy atom. The zero-order valence-corrected chi connectivity index (χ0v) is 7.97. The van der Waals surface area contributed by atoms with Crippen LogP contribution in [0.3, 0.4) is 0 Å². The fourth-order valence-corrected chi connectivity index (χ4v) is 0.795. The minimum atomic E-state index is -4.67. The van der Waals surface area contributed by atoms with Gasteiger partial charge in [-0.15, -0.1) is 19.8 Å². The molecule has 0 aliphatic heterocycles. The van der Waals surface area contributed by atoms with Gasteiger partial charge in [0.1, 0.15) is 5.76 Å². The molecule has 1 nitrogen and oxygen atoms in total. The van der Waals surface area contributed by atoms with Crippen molar-refractivity contribution in [2.75, 3.05) is 0 Å². The Balaban J connectivity index is 4.11. The standard InChI is InChI=1S/C10H13F3O/c1-4-9(5-2)7-6-8(3)14-10(11,12)13/h4,6-7,9H,1,3,5H2,2H3/b7-6-. The fourth-order valence-electron chi connectivity index (χ4n) is 0.795. The molecule has 0 radical (unpaired) electrons. The summed E-state index contributed by atoms with van der Waals surface area (Å²) < 4.78 is 38.5. The van der Waals surface area contributed by atoms with E-state index < -0.39 is 12.1 Å². The maximum absolute atomic E-state index is 11.7. The molecule has 14 heavy (non-hydrogen) atoms. The summed E-state index contributed by atoms with van der Waals surface area (Å²) in [5.74, 6) is -0.374. The molecule has 0 saturated heterocycles. The molecular weight excluding hydrogens is 193 g/mol. The van der Waals surface area contributed by atoms with Crippen LogP contribution < -0.4 is 0 Å². The second-order valence-corrected chi connectivity index (χ2v) is 2.68. The molecule has 0 spiro atoms. The lowest BCUT2D eigenvalue weighted by Crippen LogP contribution is -2.11. The van der Waals surface area contributed by atoms with Crippen LogP contribution in [-0.4, -0.2) is 6.36 Å². The summed E-state index contributed by atoms with van der Waals surface area (Å²) in [6, 6.07) is 0. The predicted octanol–water partition coefficient (Wildman–Crippen LogP) is 3.80. The van der Waals surface area contributed by atoms with Gasteiger partial charge in [-0.2, -0.15) is 0 Å². The first-order valence-electron chi connectivity index (χ1n) is 4.14. The van der Waals surface area contributed by atoms with E-state index in [9.17, 15) is 13.2 Å². The van der Waals surface area contributed by atoms with E-state index in [-0.39, 0.29) is 5.92 Å². The summed E-state index contributed by atoms with van der Waals surface area (Å²) in [7, 11) is 0. The first-order chi connectivity index (χ1) is 6.39. The topological polar surface area (TPSA) is 9.23 Å². The molecule has 80 valence electrons. The van der Waals surface area contributed by atoms with Crippen LogP contribution in [0.15, 0.2) is 37.1 Å². The molecule has 0 aromatic heterocycles. The number of ether oxygens (including phenoxy) is 1. The Morgan fingerprint density at radius 3 is 2.43 bits per heavy atom. The molecule has 0 rings (SSSR count). The Morgan fingerprint density at radius 2 is 2.07 bits per heavy atom. The van der Waals surface area contributed by atoms with Crippen LogP contribution in [0.2, 0.25) is 0 Å². The first kappa shape index (κ1) is 12.8. The van der Waals surface area contributed by atoms with Crippen LogP contribution in [0.25, 0.3) is 0 Å². The highest BCUT2D eigenvalue weighted by Crippen LogP contribution is 2.20. The molecule has 4 heteroatoms. The summed E-state index contributed by atoms with van der Waals surface area (Å²) in [4.78, 5) is 0. The molecule has 0 saturated carbocycles. The average molecular weight is 206 g/mol. The lowest BCUT2D eigenvalue weighted by molar-refractivity contribution is -0.303. The van der Waals surface area contributed by atoms with Crippen LogP contribution in [0, 0.1) is 5.92 Å². The SMILES string of the molecule is C=CC(/C=C\C(=C)OC(F)(F)F)CC. The van der Waals surface area contributed by atoms with Gasteiger partial charge < -0.3 is 4.74 Å². The molecule has 0 N–H and O–H groups in total. The van der Waals surface area contributed by atoms with Crippen molar-refractivity contribution in [1.82, 2.24) is 0 Å². The first-order valence-corrected chi connectivity index (χ1v) is 4.14. The van der Waals surface area contributed by atoms with Crippen LogP contribution in [0.5, 0.6) is 0 Å². The molecule has 0 aromatic carbocycles. The van der Waals surface area contributed by atoms with E-state index in [2.05, 4.69) is 17.9 Å². The highest BCUT2D eigenvalue weighted by molar-refractivity contribution is 5.11. The van der Waals surface area contributed by atoms with Crippen LogP contribution in [0.4, 0.5) is 13.2 Å². The monoisotopic (exact) mass is 206 g/mol. The van der Waals surface area contributed by atoms with E-state index in [4.69, 9.17) is 0 Å². The van der Waals surface area contributed by atoms with Crippen molar-refractivity contribution >= 4 is 0 Å². The summed E-state index contributed by atoms with van der Waals surface area (Å²) >= 11 is 0. The van der Waals surface area contributed by atoms with Crippen molar-refractivity contribution in [2.45, 2.75) is 19.7 Å². The molecule has 0 amide bonds. The molecule has 1 atom stereocenters. The number of hydrogen-bond acceptors (Lipinski definition) is 1. The van der Waals surface area contributed by atoms with Gasteiger partial charge in [0.15, 0.2) is 0 Å². The Labute approximate surface area is 81.6 Å². The Bertz CT molecular complexity index is 228. The molecule has 0 aromatic rings. The largest absolute Gasteiger partial charge is 0.573 e. The van der Waals surface area contributed by atoms with Gasteiger partial charge >= 0.3 is 6.36 Å².